The molecule has 0 unspecified atom stereocenters. The van der Waals surface area contributed by atoms with Gasteiger partial charge >= 0.3 is 0 Å². The molecule has 0 aliphatic carbocycles. The van der Waals surface area contributed by atoms with Crippen LogP contribution >= 0.6 is 0 Å². The van der Waals surface area contributed by atoms with E-state index in [1.807, 2.05) is 13.8 Å². The van der Waals surface area contributed by atoms with Gasteiger partial charge in [-0.2, -0.15) is 20.0 Å². The minimum atomic E-state index is -0.411. The highest BCUT2D eigenvalue weighted by Crippen LogP contribution is 2.36. The second-order valence-corrected chi connectivity index (χ2v) is 6.42. The lowest BCUT2D eigenvalue weighted by atomic mass is 10.0. The lowest BCUT2D eigenvalue weighted by Gasteiger charge is -2.11. The van der Waals surface area contributed by atoms with Crippen LogP contribution in [0.3, 0.4) is 0 Å². The van der Waals surface area contributed by atoms with Crippen molar-refractivity contribution in [2.45, 2.75) is 45.7 Å². The molecule has 0 radical (unpaired) electrons. The number of aryl methyl sites for hydroxylation is 4. The Balaban J connectivity index is 1.74. The van der Waals surface area contributed by atoms with Crippen LogP contribution in [-0.4, -0.2) is 42.7 Å². The van der Waals surface area contributed by atoms with Gasteiger partial charge in [0.15, 0.2) is 11.5 Å². The molecule has 0 fully saturated rings. The maximum atomic E-state index is 12.8. The van der Waals surface area contributed by atoms with E-state index < -0.39 is 5.66 Å². The van der Waals surface area contributed by atoms with Crippen molar-refractivity contribution in [3.05, 3.63) is 22.9 Å². The fraction of sp³-hybridized carbons (Fsp3) is 0.529. The molecule has 136 valence electrons. The van der Waals surface area contributed by atoms with E-state index in [2.05, 4.69) is 36.6 Å². The third-order valence-electron chi connectivity index (χ3n) is 4.36. The highest BCUT2D eigenvalue weighted by molar-refractivity contribution is 5.98. The van der Waals surface area contributed by atoms with Crippen LogP contribution in [0.25, 0.3) is 5.82 Å². The molecule has 0 spiro atoms. The largest absolute Gasteiger partial charge is 0.352 e. The number of hydrogen-bond donors (Lipinski definition) is 1. The Labute approximate surface area is 151 Å². The molecule has 1 amide bonds. The predicted molar refractivity (Wildman–Crippen MR) is 94.9 cm³/mol. The van der Waals surface area contributed by atoms with Crippen molar-refractivity contribution >= 4 is 5.91 Å². The Morgan fingerprint density at radius 3 is 2.54 bits per heavy atom. The number of terminal acetylenes is 1. The summed E-state index contributed by atoms with van der Waals surface area (Å²) < 4.78 is 3.29. The molecule has 9 nitrogen and oxygen atoms in total. The molecule has 2 aromatic rings. The first-order valence-corrected chi connectivity index (χ1v) is 8.47. The lowest BCUT2D eigenvalue weighted by Crippen LogP contribution is -2.29. The van der Waals surface area contributed by atoms with Crippen LogP contribution in [0.15, 0.2) is 10.2 Å². The van der Waals surface area contributed by atoms with E-state index in [9.17, 15) is 4.79 Å². The molecule has 3 heterocycles. The quantitative estimate of drug-likeness (QED) is 0.763. The van der Waals surface area contributed by atoms with Crippen molar-refractivity contribution in [1.29, 1.82) is 0 Å². The van der Waals surface area contributed by atoms with Gasteiger partial charge < -0.3 is 5.32 Å². The highest BCUT2D eigenvalue weighted by Gasteiger charge is 2.38. The Morgan fingerprint density at radius 1 is 1.23 bits per heavy atom. The van der Waals surface area contributed by atoms with Gasteiger partial charge in [0.25, 0.3) is 5.91 Å². The fourth-order valence-corrected chi connectivity index (χ4v) is 3.01. The topological polar surface area (TPSA) is 102 Å². The number of amides is 1. The van der Waals surface area contributed by atoms with Gasteiger partial charge in [-0.15, -0.1) is 17.4 Å². The summed E-state index contributed by atoms with van der Waals surface area (Å²) >= 11 is 0. The summed E-state index contributed by atoms with van der Waals surface area (Å²) in [7, 11) is 1.78. The Bertz CT molecular complexity index is 908. The summed E-state index contributed by atoms with van der Waals surface area (Å²) in [6.07, 6.45) is 7.27. The van der Waals surface area contributed by atoms with Crippen molar-refractivity contribution in [2.24, 2.45) is 17.3 Å². The highest BCUT2D eigenvalue weighted by atomic mass is 16.1. The van der Waals surface area contributed by atoms with Crippen LogP contribution in [0.4, 0.5) is 0 Å². The van der Waals surface area contributed by atoms with Crippen LogP contribution in [-0.2, 0) is 7.05 Å². The predicted octanol–water partition coefficient (Wildman–Crippen LogP) is 1.62. The third kappa shape index (κ3) is 3.35. The van der Waals surface area contributed by atoms with Crippen LogP contribution in [0.2, 0.25) is 0 Å². The molecule has 1 aliphatic rings. The van der Waals surface area contributed by atoms with E-state index in [4.69, 9.17) is 6.42 Å². The van der Waals surface area contributed by atoms with Crippen molar-refractivity contribution in [3.63, 3.8) is 0 Å². The van der Waals surface area contributed by atoms with E-state index in [1.54, 1.807) is 23.3 Å². The number of carbonyl (C=O) groups excluding carboxylic acids is 1. The van der Waals surface area contributed by atoms with Gasteiger partial charge in [0.1, 0.15) is 17.2 Å². The van der Waals surface area contributed by atoms with Crippen LogP contribution in [0.1, 0.15) is 47.0 Å². The zero-order valence-corrected chi connectivity index (χ0v) is 15.4. The summed E-state index contributed by atoms with van der Waals surface area (Å²) in [4.78, 5) is 17.1. The standard InChI is InChI=1S/C17H22N8O/c1-6-7-8-17(22-23-17)9-10-18-15(26)14-11(2)20-24(5)16(14)25-13(4)19-12(3)21-25/h1H,7-10H2,2-5H3,(H,18,26). The fourth-order valence-electron chi connectivity index (χ4n) is 3.01. The molecule has 2 aromatic heterocycles. The van der Waals surface area contributed by atoms with Gasteiger partial charge in [-0.3, -0.25) is 4.79 Å². The van der Waals surface area contributed by atoms with Crippen LogP contribution in [0, 0.1) is 33.1 Å². The van der Waals surface area contributed by atoms with E-state index in [1.165, 1.54) is 0 Å². The average Bonchev–Trinajstić information content (AvgIpc) is 3.18. The third-order valence-corrected chi connectivity index (χ3v) is 4.36. The first-order chi connectivity index (χ1) is 12.4. The summed E-state index contributed by atoms with van der Waals surface area (Å²) in [5, 5.41) is 19.9. The normalized spacial score (nSPS) is 14.3. The van der Waals surface area contributed by atoms with E-state index in [0.29, 0.717) is 54.5 Å². The lowest BCUT2D eigenvalue weighted by molar-refractivity contribution is 0.0951. The van der Waals surface area contributed by atoms with Crippen LogP contribution in [0.5, 0.6) is 0 Å². The van der Waals surface area contributed by atoms with E-state index in [-0.39, 0.29) is 5.91 Å². The molecule has 0 aromatic carbocycles. The van der Waals surface area contributed by atoms with Crippen molar-refractivity contribution in [1.82, 2.24) is 29.9 Å². The van der Waals surface area contributed by atoms with Gasteiger partial charge in [0.2, 0.25) is 0 Å². The molecule has 1 N–H and O–H groups in total. The zero-order valence-electron chi connectivity index (χ0n) is 15.4. The number of hydrogen-bond acceptors (Lipinski definition) is 6. The van der Waals surface area contributed by atoms with Gasteiger partial charge in [-0.1, -0.05) is 0 Å². The van der Waals surface area contributed by atoms with Crippen molar-refractivity contribution < 1.29 is 4.79 Å². The molecule has 0 atom stereocenters. The van der Waals surface area contributed by atoms with Gasteiger partial charge in [0, 0.05) is 32.9 Å². The molecular weight excluding hydrogens is 332 g/mol. The Morgan fingerprint density at radius 2 is 1.96 bits per heavy atom. The first-order valence-electron chi connectivity index (χ1n) is 8.47. The first kappa shape index (κ1) is 17.8. The minimum Gasteiger partial charge on any atom is -0.352 e. The molecule has 3 rings (SSSR count). The molecule has 1 aliphatic heterocycles. The van der Waals surface area contributed by atoms with Gasteiger partial charge in [0.05, 0.1) is 5.69 Å². The number of rotatable bonds is 7. The second-order valence-electron chi connectivity index (χ2n) is 6.42. The molecular formula is C17H22N8O. The van der Waals surface area contributed by atoms with Crippen LogP contribution < -0.4 is 5.32 Å². The molecule has 0 saturated carbocycles. The van der Waals surface area contributed by atoms with E-state index >= 15 is 0 Å². The average molecular weight is 354 g/mol. The maximum absolute atomic E-state index is 12.8. The van der Waals surface area contributed by atoms with Crippen molar-refractivity contribution in [3.8, 4) is 18.2 Å². The Kier molecular flexibility index (Phi) is 4.59. The monoisotopic (exact) mass is 354 g/mol. The number of aromatic nitrogens is 5. The summed E-state index contributed by atoms with van der Waals surface area (Å²) in [5.74, 6) is 4.33. The van der Waals surface area contributed by atoms with Gasteiger partial charge in [-0.05, 0) is 20.8 Å². The molecule has 26 heavy (non-hydrogen) atoms. The SMILES string of the molecule is C#CCCC1(CCNC(=O)c2c(C)nn(C)c2-n2nc(C)nc2C)N=N1. The number of nitrogens with zero attached hydrogens (tertiary/aromatic N) is 7. The summed E-state index contributed by atoms with van der Waals surface area (Å²) in [6.45, 7) is 5.91. The summed E-state index contributed by atoms with van der Waals surface area (Å²) in [5.41, 5.74) is 0.713. The van der Waals surface area contributed by atoms with Crippen molar-refractivity contribution in [2.75, 3.05) is 6.54 Å². The number of nitrogens with one attached hydrogen (secondary N) is 1. The second kappa shape index (κ2) is 6.71. The number of carbonyl (C=O) groups is 1. The molecule has 0 saturated heterocycles. The maximum Gasteiger partial charge on any atom is 0.257 e. The Hall–Kier alpha value is -3.02. The minimum absolute atomic E-state index is 0.203. The summed E-state index contributed by atoms with van der Waals surface area (Å²) in [6, 6.07) is 0. The molecule has 9 heteroatoms. The molecule has 0 bridgehead atoms. The zero-order chi connectivity index (χ0) is 18.9. The van der Waals surface area contributed by atoms with Gasteiger partial charge in [-0.25, -0.2) is 9.67 Å². The van der Waals surface area contributed by atoms with E-state index in [0.717, 1.165) is 0 Å². The smallest absolute Gasteiger partial charge is 0.257 e.